The van der Waals surface area contributed by atoms with E-state index in [0.717, 1.165) is 5.69 Å². The molecule has 21 heavy (non-hydrogen) atoms. The zero-order chi connectivity index (χ0) is 15.9. The molecule has 0 saturated carbocycles. The molecular formula is C14H19N3O3S. The van der Waals surface area contributed by atoms with Crippen LogP contribution in [0.5, 0.6) is 0 Å². The molecule has 1 aromatic rings. The normalized spacial score (nSPS) is 12.0. The lowest BCUT2D eigenvalue weighted by Gasteiger charge is -2.12. The van der Waals surface area contributed by atoms with Crippen LogP contribution in [0.1, 0.15) is 5.56 Å². The Morgan fingerprint density at radius 1 is 1.38 bits per heavy atom. The van der Waals surface area contributed by atoms with E-state index < -0.39 is 10.0 Å². The maximum absolute atomic E-state index is 12.0. The predicted octanol–water partition coefficient (Wildman–Crippen LogP) is 1.18. The SMILES string of the molecule is COCCNS(=O)(=O)/C(C#N)=C/c1ccc(N(C)C)cc1. The Labute approximate surface area is 125 Å². The molecule has 0 amide bonds. The zero-order valence-electron chi connectivity index (χ0n) is 12.3. The van der Waals surface area contributed by atoms with E-state index in [0.29, 0.717) is 5.56 Å². The molecule has 6 nitrogen and oxygen atoms in total. The topological polar surface area (TPSA) is 82.4 Å². The molecule has 0 fully saturated rings. The molecule has 0 saturated heterocycles. The van der Waals surface area contributed by atoms with E-state index in [1.54, 1.807) is 18.2 Å². The fourth-order valence-corrected chi connectivity index (χ4v) is 2.46. The summed E-state index contributed by atoms with van der Waals surface area (Å²) in [6, 6.07) is 8.94. The summed E-state index contributed by atoms with van der Waals surface area (Å²) < 4.78 is 31.0. The van der Waals surface area contributed by atoms with E-state index >= 15 is 0 Å². The van der Waals surface area contributed by atoms with E-state index in [1.165, 1.54) is 13.2 Å². The van der Waals surface area contributed by atoms with Gasteiger partial charge in [0.25, 0.3) is 10.0 Å². The summed E-state index contributed by atoms with van der Waals surface area (Å²) in [5.74, 6) is 0. The van der Waals surface area contributed by atoms with E-state index in [4.69, 9.17) is 10.00 Å². The van der Waals surface area contributed by atoms with Crippen LogP contribution >= 0.6 is 0 Å². The van der Waals surface area contributed by atoms with Crippen molar-refractivity contribution in [3.63, 3.8) is 0 Å². The first-order valence-electron chi connectivity index (χ1n) is 6.28. The Bertz CT molecular complexity index is 628. The predicted molar refractivity (Wildman–Crippen MR) is 83.2 cm³/mol. The van der Waals surface area contributed by atoms with Gasteiger partial charge in [-0.05, 0) is 23.8 Å². The molecule has 0 radical (unpaired) electrons. The van der Waals surface area contributed by atoms with Crippen LogP contribution < -0.4 is 9.62 Å². The number of nitrogens with one attached hydrogen (secondary N) is 1. The molecule has 7 heteroatoms. The van der Waals surface area contributed by atoms with Crippen LogP contribution in [0, 0.1) is 11.3 Å². The van der Waals surface area contributed by atoms with Crippen LogP contribution in [0.25, 0.3) is 6.08 Å². The van der Waals surface area contributed by atoms with Crippen molar-refractivity contribution < 1.29 is 13.2 Å². The van der Waals surface area contributed by atoms with Gasteiger partial charge in [0.2, 0.25) is 0 Å². The van der Waals surface area contributed by atoms with Crippen LogP contribution in [0.15, 0.2) is 29.2 Å². The van der Waals surface area contributed by atoms with Gasteiger partial charge in [0, 0.05) is 33.4 Å². The summed E-state index contributed by atoms with van der Waals surface area (Å²) >= 11 is 0. The molecular weight excluding hydrogens is 290 g/mol. The number of benzene rings is 1. The lowest BCUT2D eigenvalue weighted by atomic mass is 10.2. The highest BCUT2D eigenvalue weighted by Gasteiger charge is 2.16. The van der Waals surface area contributed by atoms with Crippen LogP contribution in [0.2, 0.25) is 0 Å². The minimum atomic E-state index is -3.81. The maximum atomic E-state index is 12.0. The van der Waals surface area contributed by atoms with Gasteiger partial charge >= 0.3 is 0 Å². The molecule has 0 unspecified atom stereocenters. The molecule has 0 aliphatic rings. The van der Waals surface area contributed by atoms with Gasteiger partial charge in [-0.3, -0.25) is 0 Å². The van der Waals surface area contributed by atoms with E-state index in [2.05, 4.69) is 4.72 Å². The number of nitrogens with zero attached hydrogens (tertiary/aromatic N) is 2. The third-order valence-electron chi connectivity index (χ3n) is 2.71. The van der Waals surface area contributed by atoms with Gasteiger partial charge in [0.05, 0.1) is 6.61 Å². The largest absolute Gasteiger partial charge is 0.383 e. The van der Waals surface area contributed by atoms with Crippen LogP contribution in [-0.2, 0) is 14.8 Å². The summed E-state index contributed by atoms with van der Waals surface area (Å²) in [5.41, 5.74) is 1.64. The first-order valence-corrected chi connectivity index (χ1v) is 7.77. The first-order chi connectivity index (χ1) is 9.90. The summed E-state index contributed by atoms with van der Waals surface area (Å²) in [4.78, 5) is 1.61. The minimum Gasteiger partial charge on any atom is -0.383 e. The molecule has 0 atom stereocenters. The number of hydrogen-bond acceptors (Lipinski definition) is 5. The van der Waals surface area contributed by atoms with Crippen molar-refractivity contribution in [3.8, 4) is 6.07 Å². The molecule has 0 heterocycles. The van der Waals surface area contributed by atoms with Gasteiger partial charge in [-0.2, -0.15) is 5.26 Å². The smallest absolute Gasteiger partial charge is 0.250 e. The third-order valence-corrected chi connectivity index (χ3v) is 4.08. The quantitative estimate of drug-likeness (QED) is 0.604. The summed E-state index contributed by atoms with van der Waals surface area (Å²) in [7, 11) is 1.49. The fraction of sp³-hybridized carbons (Fsp3) is 0.357. The van der Waals surface area contributed by atoms with Gasteiger partial charge in [0.1, 0.15) is 6.07 Å². The lowest BCUT2D eigenvalue weighted by Crippen LogP contribution is -2.27. The summed E-state index contributed by atoms with van der Waals surface area (Å²) in [6.07, 6.45) is 1.34. The highest BCUT2D eigenvalue weighted by atomic mass is 32.2. The number of anilines is 1. The molecule has 1 rings (SSSR count). The second-order valence-corrected chi connectivity index (χ2v) is 6.23. The van der Waals surface area contributed by atoms with Gasteiger partial charge in [-0.15, -0.1) is 0 Å². The average molecular weight is 309 g/mol. The Hall–Kier alpha value is -1.88. The van der Waals surface area contributed by atoms with Crippen molar-refractivity contribution in [2.45, 2.75) is 0 Å². The van der Waals surface area contributed by atoms with Crippen molar-refractivity contribution in [3.05, 3.63) is 34.7 Å². The summed E-state index contributed by atoms with van der Waals surface area (Å²) in [6.45, 7) is 0.368. The fourth-order valence-electron chi connectivity index (χ4n) is 1.55. The molecule has 1 aromatic carbocycles. The minimum absolute atomic E-state index is 0.122. The maximum Gasteiger partial charge on any atom is 0.250 e. The average Bonchev–Trinajstić information content (AvgIpc) is 2.45. The highest BCUT2D eigenvalue weighted by Crippen LogP contribution is 2.16. The van der Waals surface area contributed by atoms with Gasteiger partial charge in [-0.25, -0.2) is 13.1 Å². The van der Waals surface area contributed by atoms with Crippen LogP contribution in [0.3, 0.4) is 0 Å². The molecule has 0 aliphatic heterocycles. The van der Waals surface area contributed by atoms with Crippen molar-refractivity contribution in [2.75, 3.05) is 39.3 Å². The monoisotopic (exact) mass is 309 g/mol. The van der Waals surface area contributed by atoms with E-state index in [1.807, 2.05) is 31.1 Å². The molecule has 0 aliphatic carbocycles. The number of hydrogen-bond donors (Lipinski definition) is 1. The van der Waals surface area contributed by atoms with Crippen molar-refractivity contribution in [1.82, 2.24) is 4.72 Å². The summed E-state index contributed by atoms with van der Waals surface area (Å²) in [5, 5.41) is 9.05. The molecule has 0 aromatic heterocycles. The van der Waals surface area contributed by atoms with Crippen LogP contribution in [-0.4, -0.2) is 42.8 Å². The van der Waals surface area contributed by atoms with Crippen molar-refractivity contribution >= 4 is 21.8 Å². The van der Waals surface area contributed by atoms with E-state index in [9.17, 15) is 8.42 Å². The van der Waals surface area contributed by atoms with Crippen LogP contribution in [0.4, 0.5) is 5.69 Å². The Morgan fingerprint density at radius 2 is 2.00 bits per heavy atom. The number of allylic oxidation sites excluding steroid dienone is 1. The Kier molecular flexibility index (Phi) is 6.37. The number of rotatable bonds is 7. The van der Waals surface area contributed by atoms with Crippen molar-refractivity contribution in [1.29, 1.82) is 5.26 Å². The van der Waals surface area contributed by atoms with Crippen molar-refractivity contribution in [2.24, 2.45) is 0 Å². The number of sulfonamides is 1. The number of nitriles is 1. The number of ether oxygens (including phenoxy) is 1. The molecule has 0 bridgehead atoms. The zero-order valence-corrected chi connectivity index (χ0v) is 13.1. The van der Waals surface area contributed by atoms with E-state index in [-0.39, 0.29) is 18.1 Å². The molecule has 1 N–H and O–H groups in total. The standard InChI is InChI=1S/C14H19N3O3S/c1-17(2)13-6-4-12(5-7-13)10-14(11-15)21(18,19)16-8-9-20-3/h4-7,10,16H,8-9H2,1-3H3/b14-10+. The molecule has 0 spiro atoms. The first kappa shape index (κ1) is 17.2. The number of methoxy groups -OCH3 is 1. The lowest BCUT2D eigenvalue weighted by molar-refractivity contribution is 0.204. The highest BCUT2D eigenvalue weighted by molar-refractivity contribution is 7.93. The molecule has 114 valence electrons. The second kappa shape index (κ2) is 7.78. The second-order valence-electron chi connectivity index (χ2n) is 4.50. The third kappa shape index (κ3) is 5.19. The Morgan fingerprint density at radius 3 is 2.48 bits per heavy atom. The van der Waals surface area contributed by atoms with Gasteiger partial charge < -0.3 is 9.64 Å². The Balaban J connectivity index is 2.96. The van der Waals surface area contributed by atoms with Gasteiger partial charge in [0.15, 0.2) is 4.91 Å². The van der Waals surface area contributed by atoms with Gasteiger partial charge in [-0.1, -0.05) is 12.1 Å².